The van der Waals surface area contributed by atoms with Gasteiger partial charge in [0.25, 0.3) is 0 Å². The van der Waals surface area contributed by atoms with Crippen LogP contribution in [0.3, 0.4) is 0 Å². The maximum Gasteiger partial charge on any atom is -0.0134 e. The average Bonchev–Trinajstić information content (AvgIpc) is 3.05. The Bertz CT molecular complexity index is 1210. The molecule has 0 aromatic heterocycles. The fourth-order valence-corrected chi connectivity index (χ4v) is 8.97. The van der Waals surface area contributed by atoms with Crippen molar-refractivity contribution in [2.24, 2.45) is 0 Å². The largest absolute Gasteiger partial charge is 0.0622 e. The summed E-state index contributed by atoms with van der Waals surface area (Å²) in [4.78, 5) is 0. The Morgan fingerprint density at radius 2 is 0.405 bits per heavy atom. The molecule has 0 radical (unpaired) electrons. The van der Waals surface area contributed by atoms with E-state index in [1.807, 2.05) is 0 Å². The molecule has 42 heavy (non-hydrogen) atoms. The van der Waals surface area contributed by atoms with Crippen LogP contribution in [0.25, 0.3) is 0 Å². The van der Waals surface area contributed by atoms with Gasteiger partial charge in [-0.25, -0.2) is 0 Å². The molecule has 0 aliphatic heterocycles. The molecule has 3 N–H and O–H groups in total. The van der Waals surface area contributed by atoms with Gasteiger partial charge in [-0.15, -0.1) is 0 Å². The van der Waals surface area contributed by atoms with Crippen molar-refractivity contribution in [3.8, 4) is 0 Å². The molecule has 0 amide bonds. The van der Waals surface area contributed by atoms with E-state index in [0.717, 1.165) is 0 Å². The van der Waals surface area contributed by atoms with Crippen LogP contribution >= 0.6 is 36.2 Å². The van der Waals surface area contributed by atoms with E-state index in [2.05, 4.69) is 182 Å². The van der Waals surface area contributed by atoms with Crippen LogP contribution < -0.4 is 38.0 Å². The molecule has 0 fully saturated rings. The Morgan fingerprint density at radius 3 is 0.524 bits per heavy atom. The molecular formula is C36H33Cl2NNiP2. The number of hydrogen-bond acceptors (Lipinski definition) is 1. The summed E-state index contributed by atoms with van der Waals surface area (Å²) in [6.45, 7) is 0. The monoisotopic (exact) mass is 669 g/mol. The molecule has 0 spiro atoms. The minimum atomic E-state index is -0.446. The van der Waals surface area contributed by atoms with Gasteiger partial charge in [0.15, 0.2) is 0 Å². The predicted octanol–water partition coefficient (Wildman–Crippen LogP) is 8.43. The summed E-state index contributed by atoms with van der Waals surface area (Å²) in [6.07, 6.45) is 0. The minimum Gasteiger partial charge on any atom is -0.0622 e. The van der Waals surface area contributed by atoms with Crippen molar-refractivity contribution < 1.29 is 12.7 Å². The zero-order valence-electron chi connectivity index (χ0n) is 23.0. The molecule has 0 atom stereocenters. The first-order valence-corrected chi connectivity index (χ1v) is 18.4. The van der Waals surface area contributed by atoms with Crippen molar-refractivity contribution in [3.63, 3.8) is 0 Å². The van der Waals surface area contributed by atoms with Gasteiger partial charge in [0.2, 0.25) is 0 Å². The van der Waals surface area contributed by atoms with Crippen molar-refractivity contribution in [1.82, 2.24) is 6.15 Å². The molecule has 0 aliphatic rings. The second-order valence-corrected chi connectivity index (χ2v) is 14.8. The molecule has 6 heteroatoms. The maximum absolute atomic E-state index is 4.70. The van der Waals surface area contributed by atoms with Crippen LogP contribution in [-0.4, -0.2) is 0 Å². The van der Waals surface area contributed by atoms with Crippen molar-refractivity contribution in [2.75, 3.05) is 0 Å². The van der Waals surface area contributed by atoms with E-state index >= 15 is 0 Å². The molecule has 0 heterocycles. The Hall–Kier alpha value is -2.79. The van der Waals surface area contributed by atoms with Gasteiger partial charge in [0, 0.05) is 0 Å². The summed E-state index contributed by atoms with van der Waals surface area (Å²) >= 11 is 0.569. The number of hydrogen-bond donors (Lipinski definition) is 1. The molecule has 6 rings (SSSR count). The van der Waals surface area contributed by atoms with Gasteiger partial charge < -0.3 is 6.15 Å². The van der Waals surface area contributed by atoms with E-state index in [-0.39, 0.29) is 6.15 Å². The Kier molecular flexibility index (Phi) is 15.6. The summed E-state index contributed by atoms with van der Waals surface area (Å²) in [5.74, 6) is 0. The second kappa shape index (κ2) is 19.4. The molecule has 1 nitrogen and oxygen atoms in total. The summed E-state index contributed by atoms with van der Waals surface area (Å²) in [5, 5.41) is 8.39. The fraction of sp³-hybridized carbons (Fsp3) is 0. The number of benzene rings is 6. The first-order valence-electron chi connectivity index (χ1n) is 13.0. The van der Waals surface area contributed by atoms with Crippen LogP contribution in [0.1, 0.15) is 0 Å². The van der Waals surface area contributed by atoms with Gasteiger partial charge in [-0.05, 0) is 47.7 Å². The molecule has 216 valence electrons. The minimum absolute atomic E-state index is 0. The van der Waals surface area contributed by atoms with Crippen molar-refractivity contribution in [3.05, 3.63) is 182 Å². The third-order valence-electron chi connectivity index (χ3n) is 6.09. The predicted molar refractivity (Wildman–Crippen MR) is 187 cm³/mol. The van der Waals surface area contributed by atoms with E-state index in [1.54, 1.807) is 0 Å². The van der Waals surface area contributed by atoms with E-state index in [0.29, 0.717) is 12.7 Å². The van der Waals surface area contributed by atoms with E-state index in [1.165, 1.54) is 31.8 Å². The second-order valence-electron chi connectivity index (χ2n) is 8.73. The van der Waals surface area contributed by atoms with Gasteiger partial charge in [0.05, 0.1) is 0 Å². The van der Waals surface area contributed by atoms with Crippen molar-refractivity contribution in [2.45, 2.75) is 0 Å². The van der Waals surface area contributed by atoms with Crippen LogP contribution in [0.4, 0.5) is 0 Å². The molecular weight excluding hydrogens is 638 g/mol. The summed E-state index contributed by atoms with van der Waals surface area (Å²) in [7, 11) is 8.51. The first kappa shape index (κ1) is 33.7. The quantitative estimate of drug-likeness (QED) is 0.140. The molecule has 0 aliphatic carbocycles. The number of rotatable bonds is 6. The normalized spacial score (nSPS) is 10.1. The number of halogens is 2. The molecule has 0 saturated heterocycles. The third-order valence-corrected chi connectivity index (χ3v) is 11.0. The van der Waals surface area contributed by atoms with Crippen molar-refractivity contribution >= 4 is 68.1 Å². The summed E-state index contributed by atoms with van der Waals surface area (Å²) < 4.78 is 0. The average molecular weight is 671 g/mol. The Labute approximate surface area is 267 Å². The van der Waals surface area contributed by atoms with Crippen LogP contribution in [0.15, 0.2) is 182 Å². The molecule has 0 bridgehead atoms. The van der Waals surface area contributed by atoms with Gasteiger partial charge in [0.1, 0.15) is 0 Å². The third kappa shape index (κ3) is 10.2. The van der Waals surface area contributed by atoms with Crippen LogP contribution in [0.2, 0.25) is 0 Å². The standard InChI is InChI=1S/2C18H15P.2ClH.H3N.Ni/c2*1-4-10-16(11-5-1)19(17-12-6-2-7-13-17)18-14-8-3-9-15-18;;;;/h2*1-15H;2*1H;1H3;/q;;;;;+2/p-2. The van der Waals surface area contributed by atoms with Gasteiger partial charge >= 0.3 is 33.0 Å². The zero-order valence-corrected chi connectivity index (χ0v) is 27.3. The van der Waals surface area contributed by atoms with Crippen LogP contribution in [0, 0.1) is 0 Å². The van der Waals surface area contributed by atoms with Crippen molar-refractivity contribution in [1.29, 1.82) is 0 Å². The molecule has 0 saturated carbocycles. The summed E-state index contributed by atoms with van der Waals surface area (Å²) in [5.41, 5.74) is 0. The first-order chi connectivity index (χ1) is 20.3. The van der Waals surface area contributed by atoms with E-state index < -0.39 is 15.8 Å². The van der Waals surface area contributed by atoms with E-state index in [9.17, 15) is 0 Å². The van der Waals surface area contributed by atoms with Gasteiger partial charge in [-0.1, -0.05) is 182 Å². The fourth-order valence-electron chi connectivity index (χ4n) is 4.36. The zero-order chi connectivity index (χ0) is 28.5. The Morgan fingerprint density at radius 1 is 0.286 bits per heavy atom. The van der Waals surface area contributed by atoms with Gasteiger partial charge in [-0.3, -0.25) is 0 Å². The SMILES string of the molecule is N.[Cl][Ni][Cl].c1ccc(P(c2ccccc2)c2ccccc2)cc1.c1ccc(P(c2ccccc2)c2ccccc2)cc1. The smallest absolute Gasteiger partial charge is 0.0134 e. The molecule has 6 aromatic rings. The summed E-state index contributed by atoms with van der Waals surface area (Å²) in [6, 6.07) is 64.7. The van der Waals surface area contributed by atoms with E-state index in [4.69, 9.17) is 20.4 Å². The maximum atomic E-state index is 4.70. The van der Waals surface area contributed by atoms with Gasteiger partial charge in [-0.2, -0.15) is 0 Å². The molecule has 0 unspecified atom stereocenters. The van der Waals surface area contributed by atoms with Crippen LogP contribution in [0.5, 0.6) is 0 Å². The topological polar surface area (TPSA) is 35.0 Å². The molecule has 6 aromatic carbocycles. The van der Waals surface area contributed by atoms with Crippen LogP contribution in [-0.2, 0) is 12.7 Å². The Balaban J connectivity index is 0.000000207.